The lowest BCUT2D eigenvalue weighted by Crippen LogP contribution is -2.48. The molecule has 1 fully saturated rings. The van der Waals surface area contributed by atoms with E-state index >= 15 is 0 Å². The standard InChI is InChI=1S/C20H24ClN3O2S2/c1-3-23-10-12-24(13-11-23)20(25)18-14-16(6-9-19(18)21)27-22-15-4-7-17(8-5-15)28(2)26/h4-9,14,22H,3,10-13H2,1-2H3. The van der Waals surface area contributed by atoms with Gasteiger partial charge in [-0.25, -0.2) is 0 Å². The number of halogens is 1. The maximum atomic E-state index is 12.9. The summed E-state index contributed by atoms with van der Waals surface area (Å²) in [5.74, 6) is -0.0158. The molecule has 28 heavy (non-hydrogen) atoms. The fraction of sp³-hybridized carbons (Fsp3) is 0.350. The summed E-state index contributed by atoms with van der Waals surface area (Å²) in [4.78, 5) is 18.8. The van der Waals surface area contributed by atoms with Crippen LogP contribution in [0.1, 0.15) is 17.3 Å². The number of hydrogen-bond donors (Lipinski definition) is 1. The van der Waals surface area contributed by atoms with Crippen LogP contribution in [-0.4, -0.2) is 58.9 Å². The molecule has 0 radical (unpaired) electrons. The van der Waals surface area contributed by atoms with Crippen molar-refractivity contribution >= 4 is 45.9 Å². The molecule has 1 unspecified atom stereocenters. The maximum absolute atomic E-state index is 12.9. The molecule has 1 heterocycles. The molecule has 3 rings (SSSR count). The van der Waals surface area contributed by atoms with E-state index in [-0.39, 0.29) is 5.91 Å². The van der Waals surface area contributed by atoms with Crippen molar-refractivity contribution in [1.29, 1.82) is 0 Å². The van der Waals surface area contributed by atoms with Crippen LogP contribution in [0.5, 0.6) is 0 Å². The number of carbonyl (C=O) groups is 1. The van der Waals surface area contributed by atoms with E-state index in [2.05, 4.69) is 16.5 Å². The van der Waals surface area contributed by atoms with E-state index in [9.17, 15) is 9.00 Å². The highest BCUT2D eigenvalue weighted by molar-refractivity contribution is 8.00. The van der Waals surface area contributed by atoms with Crippen molar-refractivity contribution in [2.75, 3.05) is 43.7 Å². The average Bonchev–Trinajstić information content (AvgIpc) is 2.73. The third-order valence-electron chi connectivity index (χ3n) is 4.75. The molecule has 1 amide bonds. The summed E-state index contributed by atoms with van der Waals surface area (Å²) < 4.78 is 14.7. The van der Waals surface area contributed by atoms with E-state index < -0.39 is 10.8 Å². The Labute approximate surface area is 178 Å². The lowest BCUT2D eigenvalue weighted by atomic mass is 10.2. The molecule has 1 atom stereocenters. The van der Waals surface area contributed by atoms with Crippen molar-refractivity contribution in [2.24, 2.45) is 0 Å². The van der Waals surface area contributed by atoms with Gasteiger partial charge in [0, 0.05) is 58.7 Å². The number of nitrogens with one attached hydrogen (secondary N) is 1. The molecule has 0 aliphatic carbocycles. The van der Waals surface area contributed by atoms with Gasteiger partial charge in [-0.3, -0.25) is 9.00 Å². The first-order chi connectivity index (χ1) is 13.5. The van der Waals surface area contributed by atoms with E-state index in [1.54, 1.807) is 12.3 Å². The number of anilines is 1. The van der Waals surface area contributed by atoms with Gasteiger partial charge in [0.05, 0.1) is 10.6 Å². The van der Waals surface area contributed by atoms with E-state index in [1.807, 2.05) is 41.3 Å². The number of piperazine rings is 1. The molecule has 8 heteroatoms. The van der Waals surface area contributed by atoms with Crippen LogP contribution in [0.3, 0.4) is 0 Å². The van der Waals surface area contributed by atoms with Gasteiger partial charge in [0.1, 0.15) is 0 Å². The van der Waals surface area contributed by atoms with E-state index in [0.29, 0.717) is 10.6 Å². The SMILES string of the molecule is CCN1CCN(C(=O)c2cc(SNc3ccc(S(C)=O)cc3)ccc2Cl)CC1. The highest BCUT2D eigenvalue weighted by Gasteiger charge is 2.23. The van der Waals surface area contributed by atoms with Gasteiger partial charge >= 0.3 is 0 Å². The van der Waals surface area contributed by atoms with Crippen LogP contribution in [-0.2, 0) is 10.8 Å². The Morgan fingerprint density at radius 3 is 2.43 bits per heavy atom. The lowest BCUT2D eigenvalue weighted by Gasteiger charge is -2.34. The fourth-order valence-corrected chi connectivity index (χ4v) is 4.40. The minimum atomic E-state index is -0.988. The number of nitrogens with zero attached hydrogens (tertiary/aromatic N) is 2. The van der Waals surface area contributed by atoms with Crippen molar-refractivity contribution < 1.29 is 9.00 Å². The quantitative estimate of drug-likeness (QED) is 0.693. The van der Waals surface area contributed by atoms with Crippen LogP contribution in [0, 0.1) is 0 Å². The van der Waals surface area contributed by atoms with Crippen LogP contribution in [0.25, 0.3) is 0 Å². The summed E-state index contributed by atoms with van der Waals surface area (Å²) in [7, 11) is -0.988. The molecule has 1 aliphatic heterocycles. The molecular weight excluding hydrogens is 414 g/mol. The zero-order valence-corrected chi connectivity index (χ0v) is 18.4. The number of carbonyl (C=O) groups excluding carboxylic acids is 1. The summed E-state index contributed by atoms with van der Waals surface area (Å²) in [6.07, 6.45) is 1.66. The topological polar surface area (TPSA) is 52.6 Å². The molecule has 0 spiro atoms. The first-order valence-electron chi connectivity index (χ1n) is 9.15. The summed E-state index contributed by atoms with van der Waals surface area (Å²) in [6, 6.07) is 12.9. The molecule has 2 aromatic rings. The number of likely N-dealkylation sites (N-methyl/N-ethyl adjacent to an activating group) is 1. The van der Waals surface area contributed by atoms with Crippen molar-refractivity contribution in [3.05, 3.63) is 53.1 Å². The Bertz CT molecular complexity index is 853. The zero-order chi connectivity index (χ0) is 20.1. The predicted molar refractivity (Wildman–Crippen MR) is 118 cm³/mol. The lowest BCUT2D eigenvalue weighted by molar-refractivity contribution is 0.0643. The van der Waals surface area contributed by atoms with Crippen LogP contribution in [0.2, 0.25) is 5.02 Å². The smallest absolute Gasteiger partial charge is 0.255 e. The molecule has 1 N–H and O–H groups in total. The average molecular weight is 438 g/mol. The van der Waals surface area contributed by atoms with Gasteiger partial charge in [-0.2, -0.15) is 0 Å². The normalized spacial score (nSPS) is 16.0. The molecular formula is C20H24ClN3O2S2. The van der Waals surface area contributed by atoms with Crippen molar-refractivity contribution in [1.82, 2.24) is 9.80 Å². The van der Waals surface area contributed by atoms with Gasteiger partial charge in [0.2, 0.25) is 0 Å². The number of benzene rings is 2. The Balaban J connectivity index is 1.65. The fourth-order valence-electron chi connectivity index (χ4n) is 3.00. The van der Waals surface area contributed by atoms with Crippen LogP contribution in [0.15, 0.2) is 52.3 Å². The largest absolute Gasteiger partial charge is 0.336 e. The molecule has 1 aliphatic rings. The summed E-state index contributed by atoms with van der Waals surface area (Å²) in [5, 5.41) is 0.474. The monoisotopic (exact) mass is 437 g/mol. The van der Waals surface area contributed by atoms with Crippen LogP contribution in [0.4, 0.5) is 5.69 Å². The Morgan fingerprint density at radius 1 is 1.14 bits per heavy atom. The third kappa shape index (κ3) is 5.29. The zero-order valence-electron chi connectivity index (χ0n) is 16.0. The molecule has 1 saturated heterocycles. The minimum absolute atomic E-state index is 0.0158. The molecule has 0 aromatic heterocycles. The predicted octanol–water partition coefficient (Wildman–Crippen LogP) is 3.97. The summed E-state index contributed by atoms with van der Waals surface area (Å²) >= 11 is 7.73. The Morgan fingerprint density at radius 2 is 1.82 bits per heavy atom. The van der Waals surface area contributed by atoms with Gasteiger partial charge < -0.3 is 14.5 Å². The maximum Gasteiger partial charge on any atom is 0.255 e. The van der Waals surface area contributed by atoms with Gasteiger partial charge in [-0.15, -0.1) is 0 Å². The second-order valence-corrected chi connectivity index (χ2v) is 9.22. The molecule has 2 aromatic carbocycles. The van der Waals surface area contributed by atoms with Crippen LogP contribution >= 0.6 is 23.5 Å². The van der Waals surface area contributed by atoms with Gasteiger partial charge in [-0.05, 0) is 61.0 Å². The summed E-state index contributed by atoms with van der Waals surface area (Å²) in [6.45, 7) is 6.39. The van der Waals surface area contributed by atoms with Gasteiger partial charge in [0.15, 0.2) is 0 Å². The molecule has 0 bridgehead atoms. The Hall–Kier alpha value is -1.54. The number of amides is 1. The highest BCUT2D eigenvalue weighted by atomic mass is 35.5. The summed E-state index contributed by atoms with van der Waals surface area (Å²) in [5.41, 5.74) is 1.44. The van der Waals surface area contributed by atoms with E-state index in [4.69, 9.17) is 11.6 Å². The minimum Gasteiger partial charge on any atom is -0.336 e. The second kappa shape index (κ2) is 9.78. The van der Waals surface area contributed by atoms with Crippen molar-refractivity contribution in [3.8, 4) is 0 Å². The van der Waals surface area contributed by atoms with E-state index in [0.717, 1.165) is 48.2 Å². The number of hydrogen-bond acceptors (Lipinski definition) is 5. The molecule has 5 nitrogen and oxygen atoms in total. The third-order valence-corrected chi connectivity index (χ3v) is 6.84. The first-order valence-corrected chi connectivity index (χ1v) is 11.9. The van der Waals surface area contributed by atoms with Crippen molar-refractivity contribution in [2.45, 2.75) is 16.7 Å². The van der Waals surface area contributed by atoms with Gasteiger partial charge in [-0.1, -0.05) is 18.5 Å². The second-order valence-electron chi connectivity index (χ2n) is 6.55. The molecule has 0 saturated carbocycles. The number of rotatable bonds is 6. The first kappa shape index (κ1) is 21.2. The van der Waals surface area contributed by atoms with Gasteiger partial charge in [0.25, 0.3) is 5.91 Å². The highest BCUT2D eigenvalue weighted by Crippen LogP contribution is 2.27. The van der Waals surface area contributed by atoms with Crippen LogP contribution < -0.4 is 4.72 Å². The van der Waals surface area contributed by atoms with E-state index in [1.165, 1.54) is 11.9 Å². The molecule has 150 valence electrons. The van der Waals surface area contributed by atoms with Crippen molar-refractivity contribution in [3.63, 3.8) is 0 Å². The Kier molecular flexibility index (Phi) is 7.40.